The Hall–Kier alpha value is -1.35. The van der Waals surface area contributed by atoms with Crippen molar-refractivity contribution < 1.29 is 0 Å². The summed E-state index contributed by atoms with van der Waals surface area (Å²) in [5, 5.41) is 4.94. The molecule has 0 bridgehead atoms. The second kappa shape index (κ2) is 3.42. The molecule has 0 aliphatic rings. The number of aryl methyl sites for hydroxylation is 2. The Kier molecular flexibility index (Phi) is 2.25. The minimum absolute atomic E-state index is 0.681. The van der Waals surface area contributed by atoms with Crippen LogP contribution >= 0.6 is 11.6 Å². The van der Waals surface area contributed by atoms with Crippen LogP contribution in [0, 0.1) is 13.8 Å². The zero-order chi connectivity index (χ0) is 10.1. The molecule has 0 amide bonds. The van der Waals surface area contributed by atoms with Gasteiger partial charge >= 0.3 is 0 Å². The lowest BCUT2D eigenvalue weighted by Gasteiger charge is -2.02. The van der Waals surface area contributed by atoms with E-state index in [4.69, 9.17) is 11.6 Å². The lowest BCUT2D eigenvalue weighted by atomic mass is 10.4. The largest absolute Gasteiger partial charge is 0.234 e. The van der Waals surface area contributed by atoms with E-state index in [0.29, 0.717) is 5.02 Å². The average molecular weight is 208 g/mol. The third-order valence-electron chi connectivity index (χ3n) is 1.86. The molecule has 2 aromatic rings. The number of aromatic nitrogens is 3. The second-order valence-corrected chi connectivity index (χ2v) is 3.62. The molecule has 2 heterocycles. The van der Waals surface area contributed by atoms with Crippen LogP contribution in [0.5, 0.6) is 0 Å². The summed E-state index contributed by atoms with van der Waals surface area (Å²) < 4.78 is 1.72. The molecule has 3 nitrogen and oxygen atoms in total. The van der Waals surface area contributed by atoms with Crippen molar-refractivity contribution in [2.45, 2.75) is 13.8 Å². The number of halogens is 1. The van der Waals surface area contributed by atoms with Crippen molar-refractivity contribution >= 4 is 11.6 Å². The minimum atomic E-state index is 0.681. The number of hydrogen-bond acceptors (Lipinski definition) is 2. The van der Waals surface area contributed by atoms with E-state index >= 15 is 0 Å². The SMILES string of the molecule is Cc1cc(Cl)cc(-n2ccc(C)n2)n1. The summed E-state index contributed by atoms with van der Waals surface area (Å²) in [6.07, 6.45) is 1.87. The molecule has 0 N–H and O–H groups in total. The number of rotatable bonds is 1. The third kappa shape index (κ3) is 1.77. The van der Waals surface area contributed by atoms with Crippen LogP contribution in [0.25, 0.3) is 5.82 Å². The molecule has 0 atom stereocenters. The van der Waals surface area contributed by atoms with E-state index < -0.39 is 0 Å². The Balaban J connectivity index is 2.51. The predicted molar refractivity (Wildman–Crippen MR) is 55.8 cm³/mol. The van der Waals surface area contributed by atoms with Crippen LogP contribution in [0.1, 0.15) is 11.4 Å². The summed E-state index contributed by atoms with van der Waals surface area (Å²) in [5.74, 6) is 0.753. The van der Waals surface area contributed by atoms with E-state index in [-0.39, 0.29) is 0 Å². The zero-order valence-electron chi connectivity index (χ0n) is 8.03. The molecule has 2 aromatic heterocycles. The molecule has 14 heavy (non-hydrogen) atoms. The van der Waals surface area contributed by atoms with Crippen molar-refractivity contribution in [2.75, 3.05) is 0 Å². The smallest absolute Gasteiger partial charge is 0.155 e. The molecule has 0 aliphatic carbocycles. The monoisotopic (exact) mass is 207 g/mol. The van der Waals surface area contributed by atoms with Gasteiger partial charge in [0.25, 0.3) is 0 Å². The van der Waals surface area contributed by atoms with Crippen molar-refractivity contribution in [3.8, 4) is 5.82 Å². The van der Waals surface area contributed by atoms with Crippen molar-refractivity contribution in [3.63, 3.8) is 0 Å². The van der Waals surface area contributed by atoms with E-state index in [2.05, 4.69) is 10.1 Å². The lowest BCUT2D eigenvalue weighted by molar-refractivity contribution is 0.827. The first-order chi connectivity index (χ1) is 6.65. The van der Waals surface area contributed by atoms with Crippen molar-refractivity contribution in [1.29, 1.82) is 0 Å². The summed E-state index contributed by atoms with van der Waals surface area (Å²) >= 11 is 5.93. The minimum Gasteiger partial charge on any atom is -0.234 e. The summed E-state index contributed by atoms with van der Waals surface area (Å²) in [6.45, 7) is 3.85. The normalized spacial score (nSPS) is 10.5. The van der Waals surface area contributed by atoms with Gasteiger partial charge in [-0.25, -0.2) is 9.67 Å². The maximum absolute atomic E-state index is 5.93. The molecule has 0 unspecified atom stereocenters. The Labute approximate surface area is 87.3 Å². The zero-order valence-corrected chi connectivity index (χ0v) is 8.78. The van der Waals surface area contributed by atoms with Crippen molar-refractivity contribution in [2.24, 2.45) is 0 Å². The summed E-state index contributed by atoms with van der Waals surface area (Å²) in [4.78, 5) is 4.33. The highest BCUT2D eigenvalue weighted by molar-refractivity contribution is 6.30. The van der Waals surface area contributed by atoms with Crippen molar-refractivity contribution in [1.82, 2.24) is 14.8 Å². The molecule has 0 radical (unpaired) electrons. The molecule has 0 spiro atoms. The van der Waals surface area contributed by atoms with Gasteiger partial charge in [0.05, 0.1) is 5.69 Å². The first-order valence-electron chi connectivity index (χ1n) is 4.32. The van der Waals surface area contributed by atoms with E-state index in [1.165, 1.54) is 0 Å². The Morgan fingerprint density at radius 1 is 1.21 bits per heavy atom. The highest BCUT2D eigenvalue weighted by Crippen LogP contribution is 2.14. The van der Waals surface area contributed by atoms with Gasteiger partial charge in [-0.15, -0.1) is 0 Å². The van der Waals surface area contributed by atoms with Gasteiger partial charge in [0, 0.05) is 23.0 Å². The summed E-state index contributed by atoms with van der Waals surface area (Å²) in [7, 11) is 0. The quantitative estimate of drug-likeness (QED) is 0.720. The summed E-state index contributed by atoms with van der Waals surface area (Å²) in [6, 6.07) is 5.54. The highest BCUT2D eigenvalue weighted by atomic mass is 35.5. The van der Waals surface area contributed by atoms with Gasteiger partial charge in [-0.1, -0.05) is 11.6 Å². The fourth-order valence-electron chi connectivity index (χ4n) is 1.27. The van der Waals surface area contributed by atoms with Gasteiger partial charge in [-0.3, -0.25) is 0 Å². The third-order valence-corrected chi connectivity index (χ3v) is 2.08. The molecule has 2 rings (SSSR count). The standard InChI is InChI=1S/C10H10ClN3/c1-7-3-4-14(13-7)10-6-9(11)5-8(2)12-10/h3-6H,1-2H3. The topological polar surface area (TPSA) is 30.7 Å². The van der Waals surface area contributed by atoms with E-state index in [1.807, 2.05) is 32.2 Å². The first-order valence-corrected chi connectivity index (χ1v) is 4.70. The number of nitrogens with zero attached hydrogens (tertiary/aromatic N) is 3. The second-order valence-electron chi connectivity index (χ2n) is 3.19. The molecule has 0 aromatic carbocycles. The number of pyridine rings is 1. The van der Waals surface area contributed by atoms with Crippen molar-refractivity contribution in [3.05, 3.63) is 40.8 Å². The van der Waals surface area contributed by atoms with E-state index in [9.17, 15) is 0 Å². The van der Waals surface area contributed by atoms with Gasteiger partial charge in [-0.2, -0.15) is 5.10 Å². The molecule has 0 saturated carbocycles. The Bertz CT molecular complexity index is 442. The highest BCUT2D eigenvalue weighted by Gasteiger charge is 2.01. The first kappa shape index (κ1) is 9.21. The molecule has 0 aliphatic heterocycles. The summed E-state index contributed by atoms with van der Waals surface area (Å²) in [5.41, 5.74) is 1.85. The average Bonchev–Trinajstić information content (AvgIpc) is 2.50. The molecule has 4 heteroatoms. The van der Waals surface area contributed by atoms with E-state index in [0.717, 1.165) is 17.2 Å². The van der Waals surface area contributed by atoms with E-state index in [1.54, 1.807) is 10.7 Å². The van der Waals surface area contributed by atoms with Crippen LogP contribution in [-0.2, 0) is 0 Å². The van der Waals surface area contributed by atoms with Crippen LogP contribution in [0.2, 0.25) is 5.02 Å². The van der Waals surface area contributed by atoms with Crippen LogP contribution < -0.4 is 0 Å². The molecular weight excluding hydrogens is 198 g/mol. The van der Waals surface area contributed by atoms with Gasteiger partial charge in [0.1, 0.15) is 0 Å². The molecule has 0 saturated heterocycles. The van der Waals surface area contributed by atoms with Gasteiger partial charge < -0.3 is 0 Å². The molecule has 72 valence electrons. The van der Waals surface area contributed by atoms with Crippen LogP contribution in [0.15, 0.2) is 24.4 Å². The van der Waals surface area contributed by atoms with Crippen LogP contribution in [0.4, 0.5) is 0 Å². The van der Waals surface area contributed by atoms with Gasteiger partial charge in [-0.05, 0) is 26.0 Å². The predicted octanol–water partition coefficient (Wildman–Crippen LogP) is 2.54. The lowest BCUT2D eigenvalue weighted by Crippen LogP contribution is -1.99. The fourth-order valence-corrected chi connectivity index (χ4v) is 1.53. The Morgan fingerprint density at radius 2 is 2.00 bits per heavy atom. The Morgan fingerprint density at radius 3 is 2.57 bits per heavy atom. The van der Waals surface area contributed by atoms with Gasteiger partial charge in [0.2, 0.25) is 0 Å². The van der Waals surface area contributed by atoms with Crippen LogP contribution in [-0.4, -0.2) is 14.8 Å². The van der Waals surface area contributed by atoms with Crippen LogP contribution in [0.3, 0.4) is 0 Å². The maximum atomic E-state index is 5.93. The fraction of sp³-hybridized carbons (Fsp3) is 0.200. The molecular formula is C10H10ClN3. The molecule has 0 fully saturated rings. The maximum Gasteiger partial charge on any atom is 0.155 e. The van der Waals surface area contributed by atoms with Gasteiger partial charge in [0.15, 0.2) is 5.82 Å². The number of hydrogen-bond donors (Lipinski definition) is 0.